The van der Waals surface area contributed by atoms with E-state index in [4.69, 9.17) is 5.73 Å². The van der Waals surface area contributed by atoms with Gasteiger partial charge in [0.2, 0.25) is 5.91 Å². The molecule has 2 amide bonds. The van der Waals surface area contributed by atoms with Crippen molar-refractivity contribution >= 4 is 23.2 Å². The molecule has 1 saturated heterocycles. The van der Waals surface area contributed by atoms with Gasteiger partial charge < -0.3 is 15.5 Å². The number of hydrogen-bond acceptors (Lipinski definition) is 4. The van der Waals surface area contributed by atoms with Gasteiger partial charge in [0, 0.05) is 31.6 Å². The third-order valence-corrected chi connectivity index (χ3v) is 4.09. The zero-order valence-electron chi connectivity index (χ0n) is 11.0. The van der Waals surface area contributed by atoms with E-state index >= 15 is 0 Å². The molecule has 1 aromatic heterocycles. The molecule has 2 N–H and O–H groups in total. The quantitative estimate of drug-likeness (QED) is 0.890. The minimum atomic E-state index is -0.417. The Bertz CT molecular complexity index is 439. The van der Waals surface area contributed by atoms with Gasteiger partial charge in [-0.15, -0.1) is 0 Å². The first-order chi connectivity index (χ1) is 9.13. The van der Waals surface area contributed by atoms with Crippen LogP contribution in [0.4, 0.5) is 0 Å². The van der Waals surface area contributed by atoms with E-state index in [0.29, 0.717) is 32.6 Å². The van der Waals surface area contributed by atoms with E-state index in [-0.39, 0.29) is 11.8 Å². The van der Waals surface area contributed by atoms with Gasteiger partial charge in [0.15, 0.2) is 0 Å². The number of amides is 2. The largest absolute Gasteiger partial charge is 0.338 e. The molecule has 0 aliphatic carbocycles. The highest BCUT2D eigenvalue weighted by Gasteiger charge is 2.26. The summed E-state index contributed by atoms with van der Waals surface area (Å²) >= 11 is 1.52. The van der Waals surface area contributed by atoms with E-state index in [0.717, 1.165) is 5.56 Å². The molecular formula is C13H19N3O2S. The summed E-state index contributed by atoms with van der Waals surface area (Å²) in [6, 6.07) is 1.41. The van der Waals surface area contributed by atoms with Crippen LogP contribution in [0.3, 0.4) is 0 Å². The summed E-state index contributed by atoms with van der Waals surface area (Å²) in [5, 5.41) is 3.75. The van der Waals surface area contributed by atoms with Crippen LogP contribution in [-0.4, -0.2) is 53.8 Å². The first-order valence-electron chi connectivity index (χ1n) is 6.49. The molecule has 5 nitrogen and oxygen atoms in total. The van der Waals surface area contributed by atoms with Crippen LogP contribution in [0.2, 0.25) is 0 Å². The zero-order chi connectivity index (χ0) is 13.8. The predicted molar refractivity (Wildman–Crippen MR) is 75.1 cm³/mol. The molecule has 0 unspecified atom stereocenters. The van der Waals surface area contributed by atoms with Gasteiger partial charge >= 0.3 is 0 Å². The summed E-state index contributed by atoms with van der Waals surface area (Å²) < 4.78 is 0. The number of nitrogens with two attached hydrogens (primary N) is 1. The summed E-state index contributed by atoms with van der Waals surface area (Å²) in [5.74, 6) is 0.0401. The van der Waals surface area contributed by atoms with Gasteiger partial charge in [-0.25, -0.2) is 0 Å². The molecule has 0 aromatic carbocycles. The van der Waals surface area contributed by atoms with Gasteiger partial charge in [-0.1, -0.05) is 6.92 Å². The molecule has 0 spiro atoms. The Hall–Kier alpha value is -1.40. The van der Waals surface area contributed by atoms with Crippen molar-refractivity contribution in [1.29, 1.82) is 0 Å². The van der Waals surface area contributed by atoms with Crippen LogP contribution >= 0.6 is 11.3 Å². The molecule has 6 heteroatoms. The molecule has 1 atom stereocenters. The predicted octanol–water partition coefficient (Wildman–Crippen LogP) is 0.770. The zero-order valence-corrected chi connectivity index (χ0v) is 11.9. The van der Waals surface area contributed by atoms with Gasteiger partial charge in [0.25, 0.3) is 5.91 Å². The Balaban J connectivity index is 1.89. The number of rotatable bonds is 3. The van der Waals surface area contributed by atoms with Crippen molar-refractivity contribution in [2.45, 2.75) is 19.4 Å². The van der Waals surface area contributed by atoms with E-state index in [1.54, 1.807) is 9.80 Å². The molecule has 2 heterocycles. The molecule has 1 aliphatic heterocycles. The van der Waals surface area contributed by atoms with Crippen LogP contribution in [0, 0.1) is 0 Å². The minimum absolute atomic E-state index is 0.00914. The Morgan fingerprint density at radius 2 is 1.95 bits per heavy atom. The van der Waals surface area contributed by atoms with Crippen LogP contribution in [-0.2, 0) is 4.79 Å². The molecule has 1 fully saturated rings. The molecule has 0 radical (unpaired) electrons. The second-order valence-electron chi connectivity index (χ2n) is 4.64. The third kappa shape index (κ3) is 3.13. The van der Waals surface area contributed by atoms with Crippen LogP contribution < -0.4 is 5.73 Å². The van der Waals surface area contributed by atoms with Crippen LogP contribution in [0.25, 0.3) is 0 Å². The highest BCUT2D eigenvalue weighted by Crippen LogP contribution is 2.12. The highest BCUT2D eigenvalue weighted by atomic mass is 32.1. The topological polar surface area (TPSA) is 66.6 Å². The lowest BCUT2D eigenvalue weighted by Gasteiger charge is -2.35. The summed E-state index contributed by atoms with van der Waals surface area (Å²) in [5.41, 5.74) is 6.48. The Morgan fingerprint density at radius 3 is 2.47 bits per heavy atom. The molecule has 1 aliphatic rings. The Morgan fingerprint density at radius 1 is 1.32 bits per heavy atom. The van der Waals surface area contributed by atoms with Crippen LogP contribution in [0.1, 0.15) is 23.7 Å². The average molecular weight is 281 g/mol. The van der Waals surface area contributed by atoms with E-state index in [1.807, 2.05) is 23.8 Å². The van der Waals surface area contributed by atoms with Crippen molar-refractivity contribution < 1.29 is 9.59 Å². The van der Waals surface area contributed by atoms with Crippen molar-refractivity contribution in [2.24, 2.45) is 5.73 Å². The van der Waals surface area contributed by atoms with E-state index in [1.165, 1.54) is 11.3 Å². The maximum absolute atomic E-state index is 12.1. The first-order valence-corrected chi connectivity index (χ1v) is 7.43. The van der Waals surface area contributed by atoms with E-state index in [9.17, 15) is 9.59 Å². The van der Waals surface area contributed by atoms with Crippen LogP contribution in [0.15, 0.2) is 16.8 Å². The lowest BCUT2D eigenvalue weighted by Crippen LogP contribution is -2.54. The summed E-state index contributed by atoms with van der Waals surface area (Å²) in [6.07, 6.45) is 0.646. The van der Waals surface area contributed by atoms with Crippen molar-refractivity contribution in [3.05, 3.63) is 22.4 Å². The Labute approximate surface area is 117 Å². The monoisotopic (exact) mass is 281 g/mol. The highest BCUT2D eigenvalue weighted by molar-refractivity contribution is 7.08. The minimum Gasteiger partial charge on any atom is -0.338 e. The van der Waals surface area contributed by atoms with Gasteiger partial charge in [0.05, 0.1) is 11.6 Å². The average Bonchev–Trinajstić information content (AvgIpc) is 2.99. The maximum Gasteiger partial charge on any atom is 0.254 e. The summed E-state index contributed by atoms with van der Waals surface area (Å²) in [4.78, 5) is 27.6. The lowest BCUT2D eigenvalue weighted by molar-refractivity contribution is -0.134. The first kappa shape index (κ1) is 14.0. The fourth-order valence-corrected chi connectivity index (χ4v) is 2.74. The molecular weight excluding hydrogens is 262 g/mol. The normalized spacial score (nSPS) is 17.4. The van der Waals surface area contributed by atoms with E-state index in [2.05, 4.69) is 0 Å². The van der Waals surface area contributed by atoms with Gasteiger partial charge in [-0.3, -0.25) is 9.59 Å². The standard InChI is InChI=1S/C13H19N3O2S/c1-2-11(14)13(18)16-6-4-15(5-7-16)12(17)10-3-8-19-9-10/h3,8-9,11H,2,4-7,14H2,1H3/t11-/m0/s1. The summed E-state index contributed by atoms with van der Waals surface area (Å²) in [7, 11) is 0. The van der Waals surface area contributed by atoms with Gasteiger partial charge in [-0.2, -0.15) is 11.3 Å². The molecule has 1 aromatic rings. The maximum atomic E-state index is 12.1. The van der Waals surface area contributed by atoms with E-state index < -0.39 is 6.04 Å². The number of hydrogen-bond donors (Lipinski definition) is 1. The SMILES string of the molecule is CC[C@H](N)C(=O)N1CCN(C(=O)c2ccsc2)CC1. The lowest BCUT2D eigenvalue weighted by atomic mass is 10.2. The number of carbonyl (C=O) groups excluding carboxylic acids is 2. The number of carbonyl (C=O) groups is 2. The van der Waals surface area contributed by atoms with Gasteiger partial charge in [-0.05, 0) is 17.9 Å². The third-order valence-electron chi connectivity index (χ3n) is 3.40. The second-order valence-corrected chi connectivity index (χ2v) is 5.42. The Kier molecular flexibility index (Phi) is 4.55. The molecule has 0 saturated carbocycles. The fourth-order valence-electron chi connectivity index (χ4n) is 2.11. The molecule has 0 bridgehead atoms. The molecule has 104 valence electrons. The fraction of sp³-hybridized carbons (Fsp3) is 0.538. The van der Waals surface area contributed by atoms with Crippen molar-refractivity contribution in [3.8, 4) is 0 Å². The van der Waals surface area contributed by atoms with Crippen molar-refractivity contribution in [2.75, 3.05) is 26.2 Å². The summed E-state index contributed by atoms with van der Waals surface area (Å²) in [6.45, 7) is 4.21. The molecule has 2 rings (SSSR count). The van der Waals surface area contributed by atoms with Crippen LogP contribution in [0.5, 0.6) is 0 Å². The van der Waals surface area contributed by atoms with Crippen molar-refractivity contribution in [1.82, 2.24) is 9.80 Å². The van der Waals surface area contributed by atoms with Crippen molar-refractivity contribution in [3.63, 3.8) is 0 Å². The smallest absolute Gasteiger partial charge is 0.254 e. The van der Waals surface area contributed by atoms with Gasteiger partial charge in [0.1, 0.15) is 0 Å². The number of nitrogens with zero attached hydrogens (tertiary/aromatic N) is 2. The molecule has 19 heavy (non-hydrogen) atoms. The number of piperazine rings is 1. The second kappa shape index (κ2) is 6.16. The number of thiophene rings is 1.